The Balaban J connectivity index is 1.85. The molecule has 0 N–H and O–H groups in total. The van der Waals surface area contributed by atoms with Gasteiger partial charge in [-0.05, 0) is 36.1 Å². The van der Waals surface area contributed by atoms with Crippen molar-refractivity contribution in [3.8, 4) is 11.8 Å². The van der Waals surface area contributed by atoms with Gasteiger partial charge in [-0.2, -0.15) is 0 Å². The third kappa shape index (κ3) is 2.84. The number of ether oxygens (including phenoxy) is 1. The maximum atomic E-state index is 5.71. The molecule has 1 saturated carbocycles. The first-order valence-electron chi connectivity index (χ1n) is 7.60. The molecule has 22 heavy (non-hydrogen) atoms. The molecule has 3 rings (SSSR count). The van der Waals surface area contributed by atoms with Gasteiger partial charge in [-0.3, -0.25) is 0 Å². The fourth-order valence-electron chi connectivity index (χ4n) is 2.88. The van der Waals surface area contributed by atoms with Gasteiger partial charge in [0.2, 0.25) is 0 Å². The molecule has 0 saturated heterocycles. The molecular formula is C21H20O. The van der Waals surface area contributed by atoms with Crippen LogP contribution in [-0.2, 0) is 4.74 Å². The van der Waals surface area contributed by atoms with Crippen LogP contribution in [0.3, 0.4) is 0 Å². The molecule has 1 heteroatoms. The molecule has 1 aliphatic carbocycles. The van der Waals surface area contributed by atoms with Crippen molar-refractivity contribution in [2.45, 2.75) is 18.9 Å². The molecule has 0 spiro atoms. The van der Waals surface area contributed by atoms with Crippen LogP contribution < -0.4 is 0 Å². The van der Waals surface area contributed by atoms with Crippen LogP contribution in [0.5, 0.6) is 0 Å². The van der Waals surface area contributed by atoms with Gasteiger partial charge in [-0.1, -0.05) is 67.0 Å². The van der Waals surface area contributed by atoms with Gasteiger partial charge in [0.1, 0.15) is 6.10 Å². The first kappa shape index (κ1) is 14.6. The molecule has 0 bridgehead atoms. The Kier molecular flexibility index (Phi) is 4.13. The van der Waals surface area contributed by atoms with Gasteiger partial charge in [0.25, 0.3) is 0 Å². The third-order valence-electron chi connectivity index (χ3n) is 4.37. The molecule has 1 atom stereocenters. The summed E-state index contributed by atoms with van der Waals surface area (Å²) in [5.41, 5.74) is 3.31. The highest BCUT2D eigenvalue weighted by Gasteiger charge is 2.51. The maximum Gasteiger partial charge on any atom is 0.127 e. The molecule has 0 aliphatic heterocycles. The molecule has 0 aromatic heterocycles. The van der Waals surface area contributed by atoms with Crippen LogP contribution in [0.1, 0.15) is 24.0 Å². The van der Waals surface area contributed by atoms with E-state index in [1.54, 1.807) is 7.11 Å². The average Bonchev–Trinajstić information content (AvgIpc) is 3.38. The van der Waals surface area contributed by atoms with Crippen LogP contribution in [0.2, 0.25) is 0 Å². The minimum atomic E-state index is -0.111. The molecule has 1 nitrogen and oxygen atoms in total. The highest BCUT2D eigenvalue weighted by molar-refractivity contribution is 5.72. The molecule has 2 aromatic carbocycles. The van der Waals surface area contributed by atoms with Crippen molar-refractivity contribution < 1.29 is 4.74 Å². The Morgan fingerprint density at radius 1 is 1.05 bits per heavy atom. The largest absolute Gasteiger partial charge is 0.368 e. The van der Waals surface area contributed by atoms with E-state index in [1.807, 2.05) is 48.5 Å². The highest BCUT2D eigenvalue weighted by Crippen LogP contribution is 2.58. The summed E-state index contributed by atoms with van der Waals surface area (Å²) in [5.74, 6) is 6.54. The predicted octanol–water partition coefficient (Wildman–Crippen LogP) is 4.55. The van der Waals surface area contributed by atoms with Crippen LogP contribution >= 0.6 is 0 Å². The normalized spacial score (nSPS) is 16.2. The van der Waals surface area contributed by atoms with E-state index in [0.29, 0.717) is 0 Å². The SMILES string of the molecule is C=C(c1ccccc1)C1(C(C#Cc2ccccc2)OC)CC1. The second kappa shape index (κ2) is 6.22. The second-order valence-corrected chi connectivity index (χ2v) is 5.75. The molecule has 2 aromatic rings. The fraction of sp³-hybridized carbons (Fsp3) is 0.238. The van der Waals surface area contributed by atoms with Gasteiger partial charge >= 0.3 is 0 Å². The number of hydrogen-bond donors (Lipinski definition) is 0. The fourth-order valence-corrected chi connectivity index (χ4v) is 2.88. The average molecular weight is 288 g/mol. The third-order valence-corrected chi connectivity index (χ3v) is 4.37. The van der Waals surface area contributed by atoms with E-state index in [9.17, 15) is 0 Å². The van der Waals surface area contributed by atoms with Gasteiger partial charge < -0.3 is 4.74 Å². The summed E-state index contributed by atoms with van der Waals surface area (Å²) in [5, 5.41) is 0. The lowest BCUT2D eigenvalue weighted by Gasteiger charge is -2.24. The highest BCUT2D eigenvalue weighted by atomic mass is 16.5. The monoisotopic (exact) mass is 288 g/mol. The molecule has 0 amide bonds. The number of methoxy groups -OCH3 is 1. The number of hydrogen-bond acceptors (Lipinski definition) is 1. The predicted molar refractivity (Wildman–Crippen MR) is 91.3 cm³/mol. The first-order chi connectivity index (χ1) is 10.8. The van der Waals surface area contributed by atoms with Crippen LogP contribution in [0.15, 0.2) is 67.2 Å². The van der Waals surface area contributed by atoms with Crippen molar-refractivity contribution in [1.82, 2.24) is 0 Å². The van der Waals surface area contributed by atoms with E-state index < -0.39 is 0 Å². The number of rotatable bonds is 4. The Bertz CT molecular complexity index is 700. The Labute approximate surface area is 132 Å². The van der Waals surface area contributed by atoms with Gasteiger partial charge in [0.15, 0.2) is 0 Å². The summed E-state index contributed by atoms with van der Waals surface area (Å²) in [7, 11) is 1.74. The van der Waals surface area contributed by atoms with E-state index in [0.717, 1.165) is 24.0 Å². The van der Waals surface area contributed by atoms with E-state index in [4.69, 9.17) is 4.74 Å². The first-order valence-corrected chi connectivity index (χ1v) is 7.60. The van der Waals surface area contributed by atoms with E-state index >= 15 is 0 Å². The van der Waals surface area contributed by atoms with Gasteiger partial charge in [-0.15, -0.1) is 0 Å². The lowest BCUT2D eigenvalue weighted by Crippen LogP contribution is -2.24. The molecule has 1 fully saturated rings. The van der Waals surface area contributed by atoms with Crippen LogP contribution in [0, 0.1) is 17.3 Å². The zero-order valence-corrected chi connectivity index (χ0v) is 12.9. The second-order valence-electron chi connectivity index (χ2n) is 5.75. The molecule has 0 radical (unpaired) electrons. The Morgan fingerprint density at radius 2 is 1.64 bits per heavy atom. The maximum absolute atomic E-state index is 5.71. The van der Waals surface area contributed by atoms with Crippen LogP contribution in [0.25, 0.3) is 5.57 Å². The summed E-state index contributed by atoms with van der Waals surface area (Å²) in [4.78, 5) is 0. The molecule has 1 unspecified atom stereocenters. The lowest BCUT2D eigenvalue weighted by molar-refractivity contribution is 0.109. The lowest BCUT2D eigenvalue weighted by atomic mass is 9.86. The van der Waals surface area contributed by atoms with Crippen LogP contribution in [0.4, 0.5) is 0 Å². The van der Waals surface area contributed by atoms with Crippen molar-refractivity contribution in [2.24, 2.45) is 5.41 Å². The minimum absolute atomic E-state index is 0.0299. The smallest absolute Gasteiger partial charge is 0.127 e. The summed E-state index contributed by atoms with van der Waals surface area (Å²) in [6.07, 6.45) is 2.06. The quantitative estimate of drug-likeness (QED) is 0.750. The van der Waals surface area contributed by atoms with Crippen molar-refractivity contribution in [2.75, 3.05) is 7.11 Å². The van der Waals surface area contributed by atoms with E-state index in [2.05, 4.69) is 30.6 Å². The van der Waals surface area contributed by atoms with Crippen LogP contribution in [-0.4, -0.2) is 13.2 Å². The summed E-state index contributed by atoms with van der Waals surface area (Å²) < 4.78 is 5.71. The topological polar surface area (TPSA) is 9.23 Å². The van der Waals surface area contributed by atoms with E-state index in [-0.39, 0.29) is 11.5 Å². The van der Waals surface area contributed by atoms with Gasteiger partial charge in [0.05, 0.1) is 0 Å². The number of benzene rings is 2. The van der Waals surface area contributed by atoms with Crippen molar-refractivity contribution in [3.63, 3.8) is 0 Å². The van der Waals surface area contributed by atoms with Gasteiger partial charge in [0, 0.05) is 18.1 Å². The van der Waals surface area contributed by atoms with Gasteiger partial charge in [-0.25, -0.2) is 0 Å². The zero-order valence-electron chi connectivity index (χ0n) is 12.9. The minimum Gasteiger partial charge on any atom is -0.368 e. The van der Waals surface area contributed by atoms with Crippen molar-refractivity contribution in [1.29, 1.82) is 0 Å². The molecule has 0 heterocycles. The summed E-state index contributed by atoms with van der Waals surface area (Å²) in [6, 6.07) is 20.4. The van der Waals surface area contributed by atoms with Crippen molar-refractivity contribution in [3.05, 3.63) is 78.4 Å². The Hall–Kier alpha value is -2.30. The Morgan fingerprint density at radius 3 is 2.18 bits per heavy atom. The van der Waals surface area contributed by atoms with E-state index in [1.165, 1.54) is 5.56 Å². The molecule has 1 aliphatic rings. The standard InChI is InChI=1S/C21H20O/c1-17(19-11-7-4-8-12-19)21(15-16-21)20(22-2)14-13-18-9-5-3-6-10-18/h3-12,20H,1,15-16H2,2H3. The molecule has 110 valence electrons. The van der Waals surface area contributed by atoms with Crippen molar-refractivity contribution >= 4 is 5.57 Å². The molecular weight excluding hydrogens is 268 g/mol. The summed E-state index contributed by atoms with van der Waals surface area (Å²) in [6.45, 7) is 4.34. The zero-order chi connectivity index (χ0) is 15.4. The summed E-state index contributed by atoms with van der Waals surface area (Å²) >= 11 is 0.